The minimum Gasteiger partial charge on any atom is -0.352 e. The standard InChI is InChI=1S/C20H20BrClFN3O2/c21-14-1-6-18(22)17(11-14)19(27)24-12-13-7-9-26(10-8-13)20(28)25-16-4-2-15(23)3-5-16/h1-6,11,13H,7-10,12H2,(H,24,27)(H,25,28). The predicted octanol–water partition coefficient (Wildman–Crippen LogP) is 4.92. The highest BCUT2D eigenvalue weighted by atomic mass is 79.9. The third kappa shape index (κ3) is 5.45. The second kappa shape index (κ2) is 9.39. The molecule has 0 bridgehead atoms. The van der Waals surface area contributed by atoms with Crippen molar-refractivity contribution in [2.24, 2.45) is 5.92 Å². The molecule has 1 aliphatic rings. The number of rotatable bonds is 4. The summed E-state index contributed by atoms with van der Waals surface area (Å²) in [5.41, 5.74) is 0.999. The Hall–Kier alpha value is -2.12. The van der Waals surface area contributed by atoms with E-state index in [9.17, 15) is 14.0 Å². The van der Waals surface area contributed by atoms with E-state index in [0.717, 1.165) is 17.3 Å². The van der Waals surface area contributed by atoms with E-state index >= 15 is 0 Å². The van der Waals surface area contributed by atoms with Crippen LogP contribution in [0.3, 0.4) is 0 Å². The lowest BCUT2D eigenvalue weighted by molar-refractivity contribution is 0.0939. The van der Waals surface area contributed by atoms with Crippen LogP contribution in [0.4, 0.5) is 14.9 Å². The largest absolute Gasteiger partial charge is 0.352 e. The summed E-state index contributed by atoms with van der Waals surface area (Å²) < 4.78 is 13.7. The summed E-state index contributed by atoms with van der Waals surface area (Å²) in [5.74, 6) is -0.252. The molecule has 1 aliphatic heterocycles. The van der Waals surface area contributed by atoms with Gasteiger partial charge in [0.25, 0.3) is 5.91 Å². The van der Waals surface area contributed by atoms with Crippen LogP contribution in [0.5, 0.6) is 0 Å². The Kier molecular flexibility index (Phi) is 6.91. The van der Waals surface area contributed by atoms with Crippen LogP contribution in [0, 0.1) is 11.7 Å². The van der Waals surface area contributed by atoms with Gasteiger partial charge >= 0.3 is 6.03 Å². The fraction of sp³-hybridized carbons (Fsp3) is 0.300. The Balaban J connectivity index is 1.45. The van der Waals surface area contributed by atoms with Crippen molar-refractivity contribution >= 4 is 45.2 Å². The second-order valence-electron chi connectivity index (χ2n) is 6.70. The Bertz CT molecular complexity index is 855. The minimum absolute atomic E-state index is 0.199. The normalized spacial score (nSPS) is 14.6. The Morgan fingerprint density at radius 3 is 2.50 bits per heavy atom. The van der Waals surface area contributed by atoms with Crippen molar-refractivity contribution in [1.82, 2.24) is 10.2 Å². The van der Waals surface area contributed by atoms with Crippen LogP contribution >= 0.6 is 27.5 Å². The number of carbonyl (C=O) groups excluding carboxylic acids is 2. The van der Waals surface area contributed by atoms with Crippen molar-refractivity contribution in [1.29, 1.82) is 0 Å². The topological polar surface area (TPSA) is 61.4 Å². The number of amides is 3. The fourth-order valence-corrected chi connectivity index (χ4v) is 3.64. The molecule has 3 rings (SSSR count). The van der Waals surface area contributed by atoms with Gasteiger partial charge in [-0.15, -0.1) is 0 Å². The fourth-order valence-electron chi connectivity index (χ4n) is 3.08. The monoisotopic (exact) mass is 467 g/mol. The number of nitrogens with one attached hydrogen (secondary N) is 2. The molecule has 148 valence electrons. The average Bonchev–Trinajstić information content (AvgIpc) is 2.70. The van der Waals surface area contributed by atoms with E-state index in [1.165, 1.54) is 24.3 Å². The van der Waals surface area contributed by atoms with Crippen LogP contribution in [-0.4, -0.2) is 36.5 Å². The van der Waals surface area contributed by atoms with Crippen molar-refractivity contribution in [2.45, 2.75) is 12.8 Å². The summed E-state index contributed by atoms with van der Waals surface area (Å²) in [6, 6.07) is 10.6. The number of likely N-dealkylation sites (tertiary alicyclic amines) is 1. The van der Waals surface area contributed by atoms with Crippen LogP contribution < -0.4 is 10.6 Å². The molecule has 28 heavy (non-hydrogen) atoms. The number of piperidine rings is 1. The molecule has 2 aromatic carbocycles. The summed E-state index contributed by atoms with van der Waals surface area (Å²) in [7, 11) is 0. The molecule has 0 aliphatic carbocycles. The lowest BCUT2D eigenvalue weighted by Crippen LogP contribution is -2.43. The zero-order chi connectivity index (χ0) is 20.1. The maximum Gasteiger partial charge on any atom is 0.321 e. The SMILES string of the molecule is O=C(NCC1CCN(C(=O)Nc2ccc(F)cc2)CC1)c1cc(Br)ccc1Cl. The molecule has 2 aromatic rings. The second-order valence-corrected chi connectivity index (χ2v) is 8.02. The van der Waals surface area contributed by atoms with Crippen molar-refractivity contribution in [3.63, 3.8) is 0 Å². The molecule has 0 unspecified atom stereocenters. The van der Waals surface area contributed by atoms with Gasteiger partial charge in [-0.25, -0.2) is 9.18 Å². The highest BCUT2D eigenvalue weighted by Crippen LogP contribution is 2.22. The highest BCUT2D eigenvalue weighted by molar-refractivity contribution is 9.10. The van der Waals surface area contributed by atoms with E-state index in [0.29, 0.717) is 41.8 Å². The summed E-state index contributed by atoms with van der Waals surface area (Å²) in [6.07, 6.45) is 1.59. The van der Waals surface area contributed by atoms with Gasteiger partial charge in [0.05, 0.1) is 10.6 Å². The van der Waals surface area contributed by atoms with Crippen molar-refractivity contribution in [2.75, 3.05) is 25.0 Å². The smallest absolute Gasteiger partial charge is 0.321 e. The van der Waals surface area contributed by atoms with E-state index in [4.69, 9.17) is 11.6 Å². The molecule has 0 spiro atoms. The summed E-state index contributed by atoms with van der Waals surface area (Å²) in [6.45, 7) is 1.74. The van der Waals surface area contributed by atoms with E-state index in [1.54, 1.807) is 23.1 Å². The van der Waals surface area contributed by atoms with Gasteiger partial charge in [-0.1, -0.05) is 27.5 Å². The van der Waals surface area contributed by atoms with E-state index in [-0.39, 0.29) is 17.8 Å². The molecule has 1 saturated heterocycles. The third-order valence-corrected chi connectivity index (χ3v) is 5.54. The third-order valence-electron chi connectivity index (χ3n) is 4.72. The molecule has 1 heterocycles. The summed E-state index contributed by atoms with van der Waals surface area (Å²) in [5, 5.41) is 6.11. The molecule has 0 atom stereocenters. The molecule has 8 heteroatoms. The zero-order valence-electron chi connectivity index (χ0n) is 15.1. The Labute approximate surface area is 176 Å². The predicted molar refractivity (Wildman–Crippen MR) is 111 cm³/mol. The number of carbonyl (C=O) groups is 2. The molecule has 2 N–H and O–H groups in total. The molecular formula is C20H20BrClFN3O2. The number of urea groups is 1. The number of halogens is 3. The average molecular weight is 469 g/mol. The first-order valence-corrected chi connectivity index (χ1v) is 10.1. The van der Waals surface area contributed by atoms with Crippen LogP contribution in [0.15, 0.2) is 46.9 Å². The quantitative estimate of drug-likeness (QED) is 0.669. The van der Waals surface area contributed by atoms with Crippen LogP contribution in [0.2, 0.25) is 5.02 Å². The number of hydrogen-bond acceptors (Lipinski definition) is 2. The van der Waals surface area contributed by atoms with Gasteiger partial charge in [-0.05, 0) is 61.2 Å². The number of nitrogens with zero attached hydrogens (tertiary/aromatic N) is 1. The van der Waals surface area contributed by atoms with Crippen molar-refractivity contribution in [3.05, 3.63) is 63.3 Å². The minimum atomic E-state index is -0.343. The van der Waals surface area contributed by atoms with Gasteiger partial charge < -0.3 is 15.5 Å². The van der Waals surface area contributed by atoms with Gasteiger partial charge in [0.1, 0.15) is 5.82 Å². The Morgan fingerprint density at radius 2 is 1.82 bits per heavy atom. The van der Waals surface area contributed by atoms with E-state index in [2.05, 4.69) is 26.6 Å². The lowest BCUT2D eigenvalue weighted by Gasteiger charge is -2.32. The lowest BCUT2D eigenvalue weighted by atomic mass is 9.97. The van der Waals surface area contributed by atoms with E-state index in [1.807, 2.05) is 0 Å². The molecule has 3 amide bonds. The van der Waals surface area contributed by atoms with Gasteiger partial charge in [0, 0.05) is 29.8 Å². The van der Waals surface area contributed by atoms with Crippen LogP contribution in [0.25, 0.3) is 0 Å². The molecule has 0 aromatic heterocycles. The maximum atomic E-state index is 12.9. The summed E-state index contributed by atoms with van der Waals surface area (Å²) >= 11 is 9.43. The van der Waals surface area contributed by atoms with Crippen molar-refractivity contribution in [3.8, 4) is 0 Å². The first-order chi connectivity index (χ1) is 13.4. The number of anilines is 1. The molecule has 0 saturated carbocycles. The van der Waals surface area contributed by atoms with Crippen molar-refractivity contribution < 1.29 is 14.0 Å². The molecular weight excluding hydrogens is 449 g/mol. The number of benzene rings is 2. The molecule has 1 fully saturated rings. The molecule has 5 nitrogen and oxygen atoms in total. The highest BCUT2D eigenvalue weighted by Gasteiger charge is 2.23. The molecule has 0 radical (unpaired) electrons. The van der Waals surface area contributed by atoms with Gasteiger partial charge in [0.15, 0.2) is 0 Å². The zero-order valence-corrected chi connectivity index (χ0v) is 17.4. The number of hydrogen-bond donors (Lipinski definition) is 2. The maximum absolute atomic E-state index is 12.9. The van der Waals surface area contributed by atoms with Gasteiger partial charge in [0.2, 0.25) is 0 Å². The van der Waals surface area contributed by atoms with E-state index < -0.39 is 0 Å². The van der Waals surface area contributed by atoms with Gasteiger partial charge in [-0.2, -0.15) is 0 Å². The first kappa shape index (κ1) is 20.6. The van der Waals surface area contributed by atoms with Gasteiger partial charge in [-0.3, -0.25) is 4.79 Å². The van der Waals surface area contributed by atoms with Crippen LogP contribution in [0.1, 0.15) is 23.2 Å². The first-order valence-electron chi connectivity index (χ1n) is 8.97. The Morgan fingerprint density at radius 1 is 1.14 bits per heavy atom. The summed E-state index contributed by atoms with van der Waals surface area (Å²) in [4.78, 5) is 26.4. The van der Waals surface area contributed by atoms with Crippen LogP contribution in [-0.2, 0) is 0 Å².